The van der Waals surface area contributed by atoms with Crippen molar-refractivity contribution < 1.29 is 14.3 Å². The SMILES string of the molecule is CC(=O)Nc1cc(Oc2ccc3c(c2)CC(C)CO3)ccn1. The van der Waals surface area contributed by atoms with Gasteiger partial charge in [-0.1, -0.05) is 6.92 Å². The highest BCUT2D eigenvalue weighted by molar-refractivity contribution is 5.87. The fourth-order valence-corrected chi connectivity index (χ4v) is 2.45. The van der Waals surface area contributed by atoms with E-state index < -0.39 is 0 Å². The van der Waals surface area contributed by atoms with E-state index in [4.69, 9.17) is 9.47 Å². The van der Waals surface area contributed by atoms with E-state index in [0.717, 1.165) is 30.1 Å². The summed E-state index contributed by atoms with van der Waals surface area (Å²) in [6.45, 7) is 4.37. The maximum atomic E-state index is 11.1. The summed E-state index contributed by atoms with van der Waals surface area (Å²) in [6, 6.07) is 9.27. The van der Waals surface area contributed by atoms with Crippen LogP contribution >= 0.6 is 0 Å². The van der Waals surface area contributed by atoms with Crippen molar-refractivity contribution in [1.29, 1.82) is 0 Å². The smallest absolute Gasteiger partial charge is 0.222 e. The average molecular weight is 298 g/mol. The molecule has 2 aromatic rings. The summed E-state index contributed by atoms with van der Waals surface area (Å²) in [5, 5.41) is 2.64. The maximum absolute atomic E-state index is 11.1. The molecule has 1 atom stereocenters. The largest absolute Gasteiger partial charge is 0.493 e. The molecule has 1 aromatic heterocycles. The number of aromatic nitrogens is 1. The summed E-state index contributed by atoms with van der Waals surface area (Å²) in [5.74, 6) is 3.12. The third-order valence-corrected chi connectivity index (χ3v) is 3.39. The molecule has 5 heteroatoms. The number of anilines is 1. The molecule has 22 heavy (non-hydrogen) atoms. The molecular weight excluding hydrogens is 280 g/mol. The van der Waals surface area contributed by atoms with Crippen LogP contribution in [0.15, 0.2) is 36.5 Å². The predicted octanol–water partition coefficient (Wildman–Crippen LogP) is 3.40. The Kier molecular flexibility index (Phi) is 3.96. The van der Waals surface area contributed by atoms with Gasteiger partial charge in [-0.2, -0.15) is 0 Å². The van der Waals surface area contributed by atoms with Crippen LogP contribution in [0.3, 0.4) is 0 Å². The van der Waals surface area contributed by atoms with E-state index in [-0.39, 0.29) is 5.91 Å². The fraction of sp³-hybridized carbons (Fsp3) is 0.294. The molecule has 0 bridgehead atoms. The van der Waals surface area contributed by atoms with E-state index in [1.807, 2.05) is 18.2 Å². The zero-order valence-corrected chi connectivity index (χ0v) is 12.6. The lowest BCUT2D eigenvalue weighted by atomic mass is 9.98. The lowest BCUT2D eigenvalue weighted by molar-refractivity contribution is -0.114. The van der Waals surface area contributed by atoms with Crippen LogP contribution < -0.4 is 14.8 Å². The highest BCUT2D eigenvalue weighted by Crippen LogP contribution is 2.32. The standard InChI is InChI=1S/C17H18N2O3/c1-11-7-13-8-14(3-4-16(13)21-10-11)22-15-5-6-18-17(9-15)19-12(2)20/h3-6,8-9,11H,7,10H2,1-2H3,(H,18,19,20). The zero-order valence-electron chi connectivity index (χ0n) is 12.6. The summed E-state index contributed by atoms with van der Waals surface area (Å²) in [4.78, 5) is 15.1. The van der Waals surface area contributed by atoms with Gasteiger partial charge in [-0.05, 0) is 42.2 Å². The quantitative estimate of drug-likeness (QED) is 0.943. The van der Waals surface area contributed by atoms with E-state index in [1.54, 1.807) is 18.3 Å². The van der Waals surface area contributed by atoms with Gasteiger partial charge in [0.05, 0.1) is 6.61 Å². The first kappa shape index (κ1) is 14.4. The average Bonchev–Trinajstić information content (AvgIpc) is 2.46. The minimum atomic E-state index is -0.162. The maximum Gasteiger partial charge on any atom is 0.222 e. The summed E-state index contributed by atoms with van der Waals surface area (Å²) in [5.41, 5.74) is 1.16. The minimum Gasteiger partial charge on any atom is -0.493 e. The number of hydrogen-bond acceptors (Lipinski definition) is 4. The predicted molar refractivity (Wildman–Crippen MR) is 83.4 cm³/mol. The number of nitrogens with one attached hydrogen (secondary N) is 1. The van der Waals surface area contributed by atoms with Gasteiger partial charge in [0.15, 0.2) is 0 Å². The van der Waals surface area contributed by atoms with E-state index >= 15 is 0 Å². The number of pyridine rings is 1. The summed E-state index contributed by atoms with van der Waals surface area (Å²) in [7, 11) is 0. The molecule has 0 spiro atoms. The lowest BCUT2D eigenvalue weighted by Crippen LogP contribution is -2.17. The van der Waals surface area contributed by atoms with Crippen molar-refractivity contribution >= 4 is 11.7 Å². The molecule has 0 radical (unpaired) electrons. The number of amides is 1. The van der Waals surface area contributed by atoms with Gasteiger partial charge in [0.2, 0.25) is 5.91 Å². The van der Waals surface area contributed by atoms with Crippen LogP contribution in [0.1, 0.15) is 19.4 Å². The van der Waals surface area contributed by atoms with Crippen LogP contribution in [-0.4, -0.2) is 17.5 Å². The highest BCUT2D eigenvalue weighted by Gasteiger charge is 2.17. The molecule has 0 fully saturated rings. The first-order chi connectivity index (χ1) is 10.6. The highest BCUT2D eigenvalue weighted by atomic mass is 16.5. The normalized spacial score (nSPS) is 16.4. The molecule has 0 saturated heterocycles. The van der Waals surface area contributed by atoms with Crippen LogP contribution in [0.2, 0.25) is 0 Å². The van der Waals surface area contributed by atoms with Gasteiger partial charge in [-0.15, -0.1) is 0 Å². The van der Waals surface area contributed by atoms with Crippen molar-refractivity contribution in [2.75, 3.05) is 11.9 Å². The molecule has 3 rings (SSSR count). The third-order valence-electron chi connectivity index (χ3n) is 3.39. The number of ether oxygens (including phenoxy) is 2. The molecule has 0 saturated carbocycles. The molecular formula is C17H18N2O3. The van der Waals surface area contributed by atoms with Crippen molar-refractivity contribution in [3.8, 4) is 17.2 Å². The molecule has 1 unspecified atom stereocenters. The number of carbonyl (C=O) groups excluding carboxylic acids is 1. The summed E-state index contributed by atoms with van der Waals surface area (Å²) >= 11 is 0. The van der Waals surface area contributed by atoms with Gasteiger partial charge in [-0.25, -0.2) is 4.98 Å². The fourth-order valence-electron chi connectivity index (χ4n) is 2.45. The molecule has 1 N–H and O–H groups in total. The van der Waals surface area contributed by atoms with Gasteiger partial charge in [-0.3, -0.25) is 4.79 Å². The molecule has 1 aliphatic rings. The molecule has 1 aliphatic heterocycles. The first-order valence-corrected chi connectivity index (χ1v) is 7.27. The zero-order chi connectivity index (χ0) is 15.5. The Morgan fingerprint density at radius 1 is 1.32 bits per heavy atom. The van der Waals surface area contributed by atoms with Crippen molar-refractivity contribution in [3.63, 3.8) is 0 Å². The molecule has 1 aromatic carbocycles. The Morgan fingerprint density at radius 3 is 2.95 bits per heavy atom. The van der Waals surface area contributed by atoms with Crippen molar-refractivity contribution in [1.82, 2.24) is 4.98 Å². The molecule has 2 heterocycles. The minimum absolute atomic E-state index is 0.162. The van der Waals surface area contributed by atoms with Crippen LogP contribution in [0.4, 0.5) is 5.82 Å². The van der Waals surface area contributed by atoms with Crippen LogP contribution in [0.25, 0.3) is 0 Å². The second kappa shape index (κ2) is 6.05. The van der Waals surface area contributed by atoms with Crippen molar-refractivity contribution in [3.05, 3.63) is 42.1 Å². The van der Waals surface area contributed by atoms with E-state index in [9.17, 15) is 4.79 Å². The first-order valence-electron chi connectivity index (χ1n) is 7.27. The summed E-state index contributed by atoms with van der Waals surface area (Å²) in [6.07, 6.45) is 2.59. The number of carbonyl (C=O) groups is 1. The van der Waals surface area contributed by atoms with Gasteiger partial charge < -0.3 is 14.8 Å². The lowest BCUT2D eigenvalue weighted by Gasteiger charge is -2.22. The van der Waals surface area contributed by atoms with Gasteiger partial charge >= 0.3 is 0 Å². The topological polar surface area (TPSA) is 60.5 Å². The number of nitrogens with zero attached hydrogens (tertiary/aromatic N) is 1. The number of hydrogen-bond donors (Lipinski definition) is 1. The number of rotatable bonds is 3. The Balaban J connectivity index is 1.78. The Bertz CT molecular complexity index is 700. The van der Waals surface area contributed by atoms with Crippen molar-refractivity contribution in [2.45, 2.75) is 20.3 Å². The second-order valence-corrected chi connectivity index (χ2v) is 5.55. The van der Waals surface area contributed by atoms with E-state index in [2.05, 4.69) is 17.2 Å². The van der Waals surface area contributed by atoms with Gasteiger partial charge in [0.1, 0.15) is 23.1 Å². The monoisotopic (exact) mass is 298 g/mol. The number of fused-ring (bicyclic) bond motifs is 1. The third kappa shape index (κ3) is 3.36. The summed E-state index contributed by atoms with van der Waals surface area (Å²) < 4.78 is 11.5. The molecule has 5 nitrogen and oxygen atoms in total. The molecule has 0 aliphatic carbocycles. The van der Waals surface area contributed by atoms with E-state index in [0.29, 0.717) is 17.5 Å². The van der Waals surface area contributed by atoms with Gasteiger partial charge in [0, 0.05) is 19.2 Å². The Hall–Kier alpha value is -2.56. The van der Waals surface area contributed by atoms with Crippen LogP contribution in [-0.2, 0) is 11.2 Å². The number of benzene rings is 1. The Morgan fingerprint density at radius 2 is 2.14 bits per heavy atom. The Labute approximate surface area is 129 Å². The second-order valence-electron chi connectivity index (χ2n) is 5.55. The van der Waals surface area contributed by atoms with Gasteiger partial charge in [0.25, 0.3) is 0 Å². The molecule has 114 valence electrons. The van der Waals surface area contributed by atoms with E-state index in [1.165, 1.54) is 6.92 Å². The molecule has 1 amide bonds. The van der Waals surface area contributed by atoms with Crippen molar-refractivity contribution in [2.24, 2.45) is 5.92 Å². The van der Waals surface area contributed by atoms with Crippen LogP contribution in [0, 0.1) is 5.92 Å². The van der Waals surface area contributed by atoms with Crippen LogP contribution in [0.5, 0.6) is 17.2 Å².